The molecule has 1 fully saturated rings. The van der Waals surface area contributed by atoms with Crippen molar-refractivity contribution in [2.45, 2.75) is 56.9 Å². The molecule has 0 unspecified atom stereocenters. The summed E-state index contributed by atoms with van der Waals surface area (Å²) in [4.78, 5) is 0.269. The van der Waals surface area contributed by atoms with Crippen LogP contribution in [-0.2, 0) is 10.0 Å². The zero-order valence-corrected chi connectivity index (χ0v) is 17.0. The Morgan fingerprint density at radius 1 is 0.926 bits per heavy atom. The van der Waals surface area contributed by atoms with Crippen LogP contribution in [0.1, 0.15) is 43.2 Å². The molecule has 2 N–H and O–H groups in total. The van der Waals surface area contributed by atoms with Crippen molar-refractivity contribution in [2.75, 3.05) is 17.1 Å². The Morgan fingerprint density at radius 2 is 1.56 bits per heavy atom. The molecule has 0 aromatic heterocycles. The zero-order valence-electron chi connectivity index (χ0n) is 16.2. The Balaban J connectivity index is 1.73. The van der Waals surface area contributed by atoms with Crippen molar-refractivity contribution in [1.82, 2.24) is 0 Å². The molecule has 0 spiro atoms. The lowest BCUT2D eigenvalue weighted by Gasteiger charge is -2.24. The minimum absolute atomic E-state index is 0.269. The maximum atomic E-state index is 12.8. The highest BCUT2D eigenvalue weighted by Crippen LogP contribution is 2.28. The Hall–Kier alpha value is -2.21. The lowest BCUT2D eigenvalue weighted by molar-refractivity contribution is 0.411. The van der Waals surface area contributed by atoms with Crippen molar-refractivity contribution in [3.05, 3.63) is 47.5 Å². The normalized spacial score (nSPS) is 15.4. The van der Waals surface area contributed by atoms with Gasteiger partial charge in [0.2, 0.25) is 0 Å². The van der Waals surface area contributed by atoms with Gasteiger partial charge in [-0.2, -0.15) is 0 Å². The van der Waals surface area contributed by atoms with Crippen LogP contribution in [0, 0.1) is 13.8 Å². The fraction of sp³-hybridized carbons (Fsp3) is 0.429. The van der Waals surface area contributed by atoms with Crippen LogP contribution in [0.15, 0.2) is 41.3 Å². The molecule has 0 bridgehead atoms. The molecule has 0 saturated heterocycles. The highest BCUT2D eigenvalue weighted by atomic mass is 32.2. The van der Waals surface area contributed by atoms with Gasteiger partial charge in [0.1, 0.15) is 5.75 Å². The molecular formula is C21H28N2O3S. The second-order valence-electron chi connectivity index (χ2n) is 7.25. The number of hydrogen-bond acceptors (Lipinski definition) is 4. The molecule has 1 aliphatic rings. The fourth-order valence-electron chi connectivity index (χ4n) is 3.60. The van der Waals surface area contributed by atoms with E-state index in [9.17, 15) is 8.42 Å². The van der Waals surface area contributed by atoms with Crippen LogP contribution >= 0.6 is 0 Å². The van der Waals surface area contributed by atoms with Crippen LogP contribution in [0.3, 0.4) is 0 Å². The van der Waals surface area contributed by atoms with Crippen LogP contribution in [0.25, 0.3) is 0 Å². The van der Waals surface area contributed by atoms with Gasteiger partial charge in [-0.05, 0) is 74.2 Å². The van der Waals surface area contributed by atoms with Crippen molar-refractivity contribution < 1.29 is 13.2 Å². The molecule has 1 aliphatic carbocycles. The van der Waals surface area contributed by atoms with Gasteiger partial charge >= 0.3 is 0 Å². The molecule has 2 aromatic rings. The van der Waals surface area contributed by atoms with Crippen LogP contribution in [-0.4, -0.2) is 21.6 Å². The summed E-state index contributed by atoms with van der Waals surface area (Å²) in [5.41, 5.74) is 3.02. The minimum Gasteiger partial charge on any atom is -0.496 e. The minimum atomic E-state index is -3.66. The van der Waals surface area contributed by atoms with Crippen molar-refractivity contribution in [3.8, 4) is 5.75 Å². The van der Waals surface area contributed by atoms with E-state index < -0.39 is 10.0 Å². The number of nitrogens with one attached hydrogen (secondary N) is 2. The van der Waals surface area contributed by atoms with Crippen molar-refractivity contribution in [3.63, 3.8) is 0 Å². The number of ether oxygens (including phenoxy) is 1. The highest BCUT2D eigenvalue weighted by Gasteiger charge is 2.19. The number of aryl methyl sites for hydroxylation is 2. The molecule has 0 aliphatic heterocycles. The molecule has 0 radical (unpaired) electrons. The first-order valence-corrected chi connectivity index (χ1v) is 10.9. The molecule has 2 aromatic carbocycles. The van der Waals surface area contributed by atoms with E-state index in [2.05, 4.69) is 10.0 Å². The molecule has 3 rings (SSSR count). The van der Waals surface area contributed by atoms with E-state index in [0.717, 1.165) is 11.3 Å². The Labute approximate surface area is 162 Å². The van der Waals surface area contributed by atoms with Crippen LogP contribution < -0.4 is 14.8 Å². The summed E-state index contributed by atoms with van der Waals surface area (Å²) in [6.45, 7) is 3.61. The first-order chi connectivity index (χ1) is 12.9. The van der Waals surface area contributed by atoms with E-state index in [1.807, 2.05) is 19.1 Å². The Morgan fingerprint density at radius 3 is 2.19 bits per heavy atom. The van der Waals surface area contributed by atoms with E-state index in [-0.39, 0.29) is 4.90 Å². The smallest absolute Gasteiger partial charge is 0.262 e. The zero-order chi connectivity index (χ0) is 19.4. The molecule has 0 heterocycles. The standard InChI is InChI=1S/C21H28N2O3S/c1-15-14-21(16(2)13-20(15)26-3)27(24,25)23-19-11-9-18(10-12-19)22-17-7-5-4-6-8-17/h9-14,17,22-23H,4-8H2,1-3H3. The topological polar surface area (TPSA) is 67.4 Å². The van der Waals surface area contributed by atoms with Gasteiger partial charge in [-0.25, -0.2) is 8.42 Å². The highest BCUT2D eigenvalue weighted by molar-refractivity contribution is 7.92. The van der Waals surface area contributed by atoms with Gasteiger partial charge in [-0.3, -0.25) is 4.72 Å². The monoisotopic (exact) mass is 388 g/mol. The van der Waals surface area contributed by atoms with Crippen LogP contribution in [0.2, 0.25) is 0 Å². The predicted molar refractivity (Wildman–Crippen MR) is 110 cm³/mol. The van der Waals surface area contributed by atoms with Crippen LogP contribution in [0.5, 0.6) is 5.75 Å². The maximum absolute atomic E-state index is 12.8. The van der Waals surface area contributed by atoms with E-state index >= 15 is 0 Å². The summed E-state index contributed by atoms with van der Waals surface area (Å²) >= 11 is 0. The summed E-state index contributed by atoms with van der Waals surface area (Å²) in [6.07, 6.45) is 6.27. The lowest BCUT2D eigenvalue weighted by Crippen LogP contribution is -2.22. The second-order valence-corrected chi connectivity index (χ2v) is 8.90. The van der Waals surface area contributed by atoms with E-state index in [0.29, 0.717) is 23.0 Å². The van der Waals surface area contributed by atoms with Crippen molar-refractivity contribution in [2.24, 2.45) is 0 Å². The first-order valence-electron chi connectivity index (χ1n) is 9.44. The molecular weight excluding hydrogens is 360 g/mol. The molecule has 146 valence electrons. The van der Waals surface area contributed by atoms with Gasteiger partial charge in [0.25, 0.3) is 10.0 Å². The van der Waals surface area contributed by atoms with E-state index in [4.69, 9.17) is 4.74 Å². The Kier molecular flexibility index (Phi) is 5.95. The third kappa shape index (κ3) is 4.75. The number of hydrogen-bond donors (Lipinski definition) is 2. The maximum Gasteiger partial charge on any atom is 0.262 e. The fourth-order valence-corrected chi connectivity index (χ4v) is 4.97. The van der Waals surface area contributed by atoms with Crippen LogP contribution in [0.4, 0.5) is 11.4 Å². The van der Waals surface area contributed by atoms with Crippen molar-refractivity contribution >= 4 is 21.4 Å². The summed E-state index contributed by atoms with van der Waals surface area (Å²) in [7, 11) is -2.08. The predicted octanol–water partition coefficient (Wildman–Crippen LogP) is 4.86. The number of rotatable bonds is 6. The van der Waals surface area contributed by atoms with Crippen molar-refractivity contribution in [1.29, 1.82) is 0 Å². The largest absolute Gasteiger partial charge is 0.496 e. The average molecular weight is 389 g/mol. The molecule has 0 atom stereocenters. The van der Waals surface area contributed by atoms with E-state index in [1.165, 1.54) is 32.1 Å². The third-order valence-electron chi connectivity index (χ3n) is 5.10. The van der Waals surface area contributed by atoms with Gasteiger partial charge in [-0.15, -0.1) is 0 Å². The average Bonchev–Trinajstić information content (AvgIpc) is 2.65. The van der Waals surface area contributed by atoms with Gasteiger partial charge in [0.15, 0.2) is 0 Å². The first kappa shape index (κ1) is 19.5. The van der Waals surface area contributed by atoms with E-state index in [1.54, 1.807) is 38.3 Å². The molecule has 6 heteroatoms. The third-order valence-corrected chi connectivity index (χ3v) is 6.62. The van der Waals surface area contributed by atoms with Gasteiger partial charge in [0, 0.05) is 17.4 Å². The lowest BCUT2D eigenvalue weighted by atomic mass is 9.95. The number of benzene rings is 2. The quantitative estimate of drug-likeness (QED) is 0.742. The molecule has 27 heavy (non-hydrogen) atoms. The summed E-state index contributed by atoms with van der Waals surface area (Å²) in [5.74, 6) is 0.685. The number of anilines is 2. The van der Waals surface area contributed by atoms with Gasteiger partial charge < -0.3 is 10.1 Å². The van der Waals surface area contributed by atoms with Gasteiger partial charge in [0.05, 0.1) is 12.0 Å². The number of sulfonamides is 1. The molecule has 1 saturated carbocycles. The molecule has 0 amide bonds. The summed E-state index contributed by atoms with van der Waals surface area (Å²) in [6, 6.07) is 11.4. The SMILES string of the molecule is COc1cc(C)c(S(=O)(=O)Nc2ccc(NC3CCCCC3)cc2)cc1C. The van der Waals surface area contributed by atoms with Gasteiger partial charge in [-0.1, -0.05) is 19.3 Å². The second kappa shape index (κ2) is 8.21. The number of methoxy groups -OCH3 is 1. The summed E-state index contributed by atoms with van der Waals surface area (Å²) < 4.78 is 33.6. The molecule has 5 nitrogen and oxygen atoms in total. The summed E-state index contributed by atoms with van der Waals surface area (Å²) in [5, 5.41) is 3.54. The Bertz CT molecular complexity index is 886.